The Labute approximate surface area is 155 Å². The maximum atomic E-state index is 12.4. The summed E-state index contributed by atoms with van der Waals surface area (Å²) in [7, 11) is 0. The molecule has 0 bridgehead atoms. The molecule has 7 nitrogen and oxygen atoms in total. The molecule has 0 aliphatic rings. The van der Waals surface area contributed by atoms with Crippen molar-refractivity contribution in [3.8, 4) is 5.75 Å². The average molecular weight is 393 g/mol. The Morgan fingerprint density at radius 2 is 1.68 bits per heavy atom. The number of hydrogen-bond donors (Lipinski definition) is 2. The van der Waals surface area contributed by atoms with E-state index in [9.17, 15) is 27.6 Å². The largest absolute Gasteiger partial charge is 0.573 e. The summed E-state index contributed by atoms with van der Waals surface area (Å²) in [6.45, 7) is -0.160. The maximum Gasteiger partial charge on any atom is 0.573 e. The second-order valence-corrected chi connectivity index (χ2v) is 5.79. The molecule has 10 heteroatoms. The number of rotatable bonds is 5. The minimum atomic E-state index is -4.90. The van der Waals surface area contributed by atoms with Crippen molar-refractivity contribution in [2.45, 2.75) is 19.3 Å². The van der Waals surface area contributed by atoms with Crippen LogP contribution in [0, 0.1) is 0 Å². The van der Waals surface area contributed by atoms with Crippen molar-refractivity contribution in [2.75, 3.05) is 5.32 Å². The summed E-state index contributed by atoms with van der Waals surface area (Å²) >= 11 is 0. The number of aromatic amines is 1. The SMILES string of the molecule is O=C(CCn1[nH]c(=O)c2ccccc2c1=O)Nc1ccccc1OC(F)(F)F. The molecule has 0 unspecified atom stereocenters. The van der Waals surface area contributed by atoms with Gasteiger partial charge >= 0.3 is 6.36 Å². The number of nitrogens with one attached hydrogen (secondary N) is 2. The Hall–Kier alpha value is -3.56. The molecule has 2 N–H and O–H groups in total. The summed E-state index contributed by atoms with van der Waals surface area (Å²) in [5.74, 6) is -1.21. The van der Waals surface area contributed by atoms with E-state index in [1.165, 1.54) is 30.3 Å². The van der Waals surface area contributed by atoms with Crippen molar-refractivity contribution in [3.63, 3.8) is 0 Å². The molecule has 28 heavy (non-hydrogen) atoms. The van der Waals surface area contributed by atoms with E-state index in [4.69, 9.17) is 0 Å². The van der Waals surface area contributed by atoms with Crippen molar-refractivity contribution in [1.82, 2.24) is 9.78 Å². The number of amides is 1. The Morgan fingerprint density at radius 1 is 1.04 bits per heavy atom. The smallest absolute Gasteiger partial charge is 0.404 e. The number of aromatic nitrogens is 2. The fraction of sp³-hybridized carbons (Fsp3) is 0.167. The van der Waals surface area contributed by atoms with Gasteiger partial charge in [-0.15, -0.1) is 13.2 Å². The highest BCUT2D eigenvalue weighted by Crippen LogP contribution is 2.29. The number of alkyl halides is 3. The maximum absolute atomic E-state index is 12.4. The summed E-state index contributed by atoms with van der Waals surface area (Å²) in [5, 5.41) is 5.11. The van der Waals surface area contributed by atoms with Crippen LogP contribution in [0.4, 0.5) is 18.9 Å². The molecule has 0 radical (unpaired) electrons. The second kappa shape index (κ2) is 7.59. The first kappa shape index (κ1) is 19.2. The second-order valence-electron chi connectivity index (χ2n) is 5.79. The lowest BCUT2D eigenvalue weighted by atomic mass is 10.2. The first-order valence-corrected chi connectivity index (χ1v) is 8.11. The van der Waals surface area contributed by atoms with Gasteiger partial charge in [-0.05, 0) is 24.3 Å². The van der Waals surface area contributed by atoms with Gasteiger partial charge in [-0.1, -0.05) is 24.3 Å². The normalized spacial score (nSPS) is 11.4. The Morgan fingerprint density at radius 3 is 2.39 bits per heavy atom. The summed E-state index contributed by atoms with van der Waals surface area (Å²) < 4.78 is 42.1. The van der Waals surface area contributed by atoms with Crippen LogP contribution in [0.3, 0.4) is 0 Å². The molecule has 1 amide bonds. The minimum Gasteiger partial charge on any atom is -0.404 e. The van der Waals surface area contributed by atoms with Crippen LogP contribution in [0.5, 0.6) is 5.75 Å². The molecule has 146 valence electrons. The molecule has 0 spiro atoms. The zero-order valence-corrected chi connectivity index (χ0v) is 14.2. The molecule has 0 saturated heterocycles. The fourth-order valence-corrected chi connectivity index (χ4v) is 2.61. The number of ether oxygens (including phenoxy) is 1. The van der Waals surface area contributed by atoms with Crippen molar-refractivity contribution in [1.29, 1.82) is 0 Å². The molecule has 2 aromatic carbocycles. The molecule has 3 rings (SSSR count). The third-order valence-corrected chi connectivity index (χ3v) is 3.83. The van der Waals surface area contributed by atoms with E-state index in [-0.39, 0.29) is 29.4 Å². The summed E-state index contributed by atoms with van der Waals surface area (Å²) in [4.78, 5) is 36.5. The zero-order valence-electron chi connectivity index (χ0n) is 14.2. The van der Waals surface area contributed by atoms with E-state index in [0.717, 1.165) is 10.7 Å². The van der Waals surface area contributed by atoms with E-state index in [1.807, 2.05) is 0 Å². The number of fused-ring (bicyclic) bond motifs is 1. The van der Waals surface area contributed by atoms with Crippen LogP contribution >= 0.6 is 0 Å². The van der Waals surface area contributed by atoms with Crippen LogP contribution < -0.4 is 21.2 Å². The molecule has 1 heterocycles. The molecule has 0 atom stereocenters. The topological polar surface area (TPSA) is 93.2 Å². The molecule has 0 aliphatic carbocycles. The zero-order chi connectivity index (χ0) is 20.3. The molecule has 1 aromatic heterocycles. The molecule has 0 saturated carbocycles. The highest BCUT2D eigenvalue weighted by Gasteiger charge is 2.32. The van der Waals surface area contributed by atoms with Gasteiger partial charge in [0.1, 0.15) is 0 Å². The van der Waals surface area contributed by atoms with Crippen molar-refractivity contribution in [2.24, 2.45) is 0 Å². The number of halogens is 3. The van der Waals surface area contributed by atoms with Crippen LogP contribution in [-0.4, -0.2) is 22.1 Å². The van der Waals surface area contributed by atoms with E-state index in [2.05, 4.69) is 15.2 Å². The number of anilines is 1. The van der Waals surface area contributed by atoms with Gasteiger partial charge in [0.05, 0.1) is 23.0 Å². The monoisotopic (exact) mass is 393 g/mol. The molecular formula is C18H14F3N3O4. The van der Waals surface area contributed by atoms with E-state index < -0.39 is 29.1 Å². The Balaban J connectivity index is 1.74. The van der Waals surface area contributed by atoms with E-state index >= 15 is 0 Å². The van der Waals surface area contributed by atoms with Crippen molar-refractivity contribution in [3.05, 3.63) is 69.2 Å². The third kappa shape index (κ3) is 4.40. The van der Waals surface area contributed by atoms with E-state index in [0.29, 0.717) is 0 Å². The van der Waals surface area contributed by atoms with Crippen molar-refractivity contribution < 1.29 is 22.7 Å². The quantitative estimate of drug-likeness (QED) is 0.697. The number of aryl methyl sites for hydroxylation is 1. The lowest BCUT2D eigenvalue weighted by Gasteiger charge is -2.14. The molecule has 0 fully saturated rings. The lowest BCUT2D eigenvalue weighted by Crippen LogP contribution is -2.31. The first-order chi connectivity index (χ1) is 13.2. The average Bonchev–Trinajstić information content (AvgIpc) is 2.64. The van der Waals surface area contributed by atoms with Crippen molar-refractivity contribution >= 4 is 22.4 Å². The molecule has 0 aliphatic heterocycles. The van der Waals surface area contributed by atoms with Gasteiger partial charge in [0.15, 0.2) is 5.75 Å². The van der Waals surface area contributed by atoms with Gasteiger partial charge in [0.25, 0.3) is 11.1 Å². The Bertz CT molecular complexity index is 1140. The number of nitrogens with zero attached hydrogens (tertiary/aromatic N) is 1. The number of hydrogen-bond acceptors (Lipinski definition) is 4. The van der Waals surface area contributed by atoms with Gasteiger partial charge < -0.3 is 10.1 Å². The number of benzene rings is 2. The van der Waals surface area contributed by atoms with Crippen LogP contribution in [0.2, 0.25) is 0 Å². The summed E-state index contributed by atoms with van der Waals surface area (Å²) in [6.07, 6.45) is -5.16. The van der Waals surface area contributed by atoms with Gasteiger partial charge in [-0.25, -0.2) is 4.68 Å². The lowest BCUT2D eigenvalue weighted by molar-refractivity contribution is -0.274. The number of para-hydroxylation sites is 2. The number of carbonyl (C=O) groups is 1. The number of carbonyl (C=O) groups excluding carboxylic acids is 1. The predicted molar refractivity (Wildman–Crippen MR) is 95.2 cm³/mol. The van der Waals surface area contributed by atoms with Crippen LogP contribution in [-0.2, 0) is 11.3 Å². The highest BCUT2D eigenvalue weighted by atomic mass is 19.4. The van der Waals surface area contributed by atoms with Crippen LogP contribution in [0.1, 0.15) is 6.42 Å². The number of H-pyrrole nitrogens is 1. The van der Waals surface area contributed by atoms with E-state index in [1.54, 1.807) is 12.1 Å². The minimum absolute atomic E-state index is 0.160. The van der Waals surface area contributed by atoms with Gasteiger partial charge in [-0.3, -0.25) is 19.5 Å². The third-order valence-electron chi connectivity index (χ3n) is 3.83. The van der Waals surface area contributed by atoms with Crippen LogP contribution in [0.15, 0.2) is 58.1 Å². The fourth-order valence-electron chi connectivity index (χ4n) is 2.61. The summed E-state index contributed by atoms with van der Waals surface area (Å²) in [6, 6.07) is 11.3. The molecule has 3 aromatic rings. The first-order valence-electron chi connectivity index (χ1n) is 8.11. The predicted octanol–water partition coefficient (Wildman–Crippen LogP) is 2.62. The Kier molecular flexibility index (Phi) is 5.21. The van der Waals surface area contributed by atoms with Gasteiger partial charge in [0, 0.05) is 6.42 Å². The standard InChI is InChI=1S/C18H14F3N3O4/c19-18(20,21)28-14-8-4-3-7-13(14)22-15(25)9-10-24-17(27)12-6-2-1-5-11(12)16(26)23-24/h1-8H,9-10H2,(H,22,25)(H,23,26). The highest BCUT2D eigenvalue weighted by molar-refractivity contribution is 5.92. The van der Waals surface area contributed by atoms with Crippen LogP contribution in [0.25, 0.3) is 10.8 Å². The van der Waals surface area contributed by atoms with Gasteiger partial charge in [-0.2, -0.15) is 0 Å². The van der Waals surface area contributed by atoms with Gasteiger partial charge in [0.2, 0.25) is 5.91 Å². The summed E-state index contributed by atoms with van der Waals surface area (Å²) in [5.41, 5.74) is -1.13. The molecular weight excluding hydrogens is 379 g/mol.